The van der Waals surface area contributed by atoms with Crippen LogP contribution in [0.25, 0.3) is 0 Å². The van der Waals surface area contributed by atoms with Gasteiger partial charge >= 0.3 is 36.4 Å². The van der Waals surface area contributed by atoms with Crippen molar-refractivity contribution in [3.63, 3.8) is 0 Å². The van der Waals surface area contributed by atoms with Crippen LogP contribution >= 0.6 is 0 Å². The van der Waals surface area contributed by atoms with Crippen molar-refractivity contribution in [3.8, 4) is 0 Å². The Morgan fingerprint density at radius 1 is 0.795 bits per heavy atom. The van der Waals surface area contributed by atoms with Crippen LogP contribution in [0.3, 0.4) is 0 Å². The fourth-order valence-electron chi connectivity index (χ4n) is 4.24. The van der Waals surface area contributed by atoms with Crippen molar-refractivity contribution in [1.82, 2.24) is 24.6 Å². The van der Waals surface area contributed by atoms with E-state index in [0.29, 0.717) is 12.1 Å². The first-order valence-electron chi connectivity index (χ1n) is 12.3. The van der Waals surface area contributed by atoms with Crippen LogP contribution in [-0.4, -0.2) is 101 Å². The van der Waals surface area contributed by atoms with Crippen LogP contribution in [0.15, 0.2) is 30.6 Å². The zero-order valence-corrected chi connectivity index (χ0v) is 23.0. The summed E-state index contributed by atoms with van der Waals surface area (Å²) < 4.78 is 97.1. The summed E-state index contributed by atoms with van der Waals surface area (Å²) in [7, 11) is 1.99. The van der Waals surface area contributed by atoms with Crippen LogP contribution in [-0.2, 0) is 34.5 Å². The lowest BCUT2D eigenvalue weighted by Gasteiger charge is -2.25. The smallest absolute Gasteiger partial charge is 0.475 e. The van der Waals surface area contributed by atoms with Gasteiger partial charge in [0, 0.05) is 62.8 Å². The molecule has 44 heavy (non-hydrogen) atoms. The molecule has 0 amide bonds. The largest absolute Gasteiger partial charge is 0.490 e. The lowest BCUT2D eigenvalue weighted by molar-refractivity contribution is -0.193. The van der Waals surface area contributed by atoms with Crippen molar-refractivity contribution in [2.75, 3.05) is 13.1 Å². The summed E-state index contributed by atoms with van der Waals surface area (Å²) in [5, 5.41) is 25.7. The second kappa shape index (κ2) is 15.7. The molecule has 0 spiro atoms. The third-order valence-electron chi connectivity index (χ3n) is 5.99. The molecule has 2 aliphatic rings. The van der Waals surface area contributed by atoms with Crippen LogP contribution in [0.4, 0.5) is 39.5 Å². The fourth-order valence-corrected chi connectivity index (χ4v) is 4.24. The normalized spacial score (nSPS) is 18.5. The maximum Gasteiger partial charge on any atom is 0.490 e. The van der Waals surface area contributed by atoms with E-state index in [9.17, 15) is 39.5 Å². The standard InChI is InChI=1S/C18H25N5.3C2HF3O2/c1-14-4-3-5-16(20-14)13-23-9-7-17-18(23)6-8-22(17)12-15-10-19-21(2)11-15;3*3-2(4,5)1(6)7/h3-5,10-11,17-18H,6-9,12-13H2,1-2H3;3*(H,6,7)/t17-,18+;;;/m0.../s1. The maximum absolute atomic E-state index is 10.6. The van der Waals surface area contributed by atoms with E-state index in [4.69, 9.17) is 29.7 Å². The number of aliphatic carboxylic acids is 3. The van der Waals surface area contributed by atoms with Crippen LogP contribution in [0, 0.1) is 6.92 Å². The number of alkyl halides is 9. The number of nitrogens with zero attached hydrogens (tertiary/aromatic N) is 5. The van der Waals surface area contributed by atoms with E-state index in [1.807, 2.05) is 17.9 Å². The van der Waals surface area contributed by atoms with E-state index in [1.54, 1.807) is 0 Å². The van der Waals surface area contributed by atoms with Crippen LogP contribution in [0.1, 0.15) is 29.8 Å². The highest BCUT2D eigenvalue weighted by Gasteiger charge is 2.42. The van der Waals surface area contributed by atoms with Gasteiger partial charge in [0.2, 0.25) is 0 Å². The molecule has 2 saturated heterocycles. The van der Waals surface area contributed by atoms with Gasteiger partial charge in [0.25, 0.3) is 0 Å². The van der Waals surface area contributed by atoms with Gasteiger partial charge < -0.3 is 15.3 Å². The summed E-state index contributed by atoms with van der Waals surface area (Å²) in [6, 6.07) is 7.73. The SMILES string of the molecule is Cc1cccc(CN2CC[C@H]3[C@H]2CCN3Cc2cnn(C)c2)n1.O=C(O)C(F)(F)F.O=C(O)C(F)(F)F.O=C(O)C(F)(F)F. The Balaban J connectivity index is 0.000000379. The lowest BCUT2D eigenvalue weighted by atomic mass is 10.1. The third kappa shape index (κ3) is 13.1. The highest BCUT2D eigenvalue weighted by Crippen LogP contribution is 2.33. The molecule has 2 fully saturated rings. The summed E-state index contributed by atoms with van der Waals surface area (Å²) in [4.78, 5) is 36.6. The number of carboxylic acid groups (broad SMARTS) is 3. The lowest BCUT2D eigenvalue weighted by Crippen LogP contribution is -2.36. The van der Waals surface area contributed by atoms with Crippen molar-refractivity contribution >= 4 is 17.9 Å². The molecule has 11 nitrogen and oxygen atoms in total. The van der Waals surface area contributed by atoms with Gasteiger partial charge in [0.15, 0.2) is 0 Å². The van der Waals surface area contributed by atoms with Gasteiger partial charge in [-0.25, -0.2) is 14.4 Å². The van der Waals surface area contributed by atoms with Gasteiger partial charge in [-0.3, -0.25) is 19.5 Å². The Kier molecular flexibility index (Phi) is 13.6. The number of hydrogen-bond donors (Lipinski definition) is 3. The molecular formula is C24H28F9N5O6. The van der Waals surface area contributed by atoms with Crippen LogP contribution < -0.4 is 0 Å². The van der Waals surface area contributed by atoms with E-state index in [2.05, 4.69) is 51.2 Å². The van der Waals surface area contributed by atoms with Crippen molar-refractivity contribution in [3.05, 3.63) is 47.5 Å². The zero-order valence-electron chi connectivity index (χ0n) is 23.0. The highest BCUT2D eigenvalue weighted by molar-refractivity contribution is 5.73. The minimum atomic E-state index is -5.08. The average Bonchev–Trinajstić information content (AvgIpc) is 3.57. The molecule has 4 heterocycles. The van der Waals surface area contributed by atoms with Crippen molar-refractivity contribution in [2.45, 2.75) is 63.5 Å². The molecule has 2 atom stereocenters. The second-order valence-electron chi connectivity index (χ2n) is 9.35. The van der Waals surface area contributed by atoms with Crippen molar-refractivity contribution in [2.24, 2.45) is 7.05 Å². The third-order valence-corrected chi connectivity index (χ3v) is 5.99. The molecular weight excluding hydrogens is 625 g/mol. The predicted molar refractivity (Wildman–Crippen MR) is 131 cm³/mol. The van der Waals surface area contributed by atoms with E-state index < -0.39 is 36.4 Å². The summed E-state index contributed by atoms with van der Waals surface area (Å²) >= 11 is 0. The summed E-state index contributed by atoms with van der Waals surface area (Å²) in [5.41, 5.74) is 3.64. The summed E-state index contributed by atoms with van der Waals surface area (Å²) in [6.45, 7) is 6.48. The fraction of sp³-hybridized carbons (Fsp3) is 0.542. The number of aryl methyl sites for hydroxylation is 2. The Morgan fingerprint density at radius 3 is 1.55 bits per heavy atom. The van der Waals surface area contributed by atoms with E-state index in [-0.39, 0.29) is 0 Å². The van der Waals surface area contributed by atoms with Gasteiger partial charge in [0.1, 0.15) is 0 Å². The summed E-state index contributed by atoms with van der Waals surface area (Å²) in [6.07, 6.45) is -8.57. The van der Waals surface area contributed by atoms with E-state index >= 15 is 0 Å². The van der Waals surface area contributed by atoms with Crippen LogP contribution in [0.5, 0.6) is 0 Å². The van der Waals surface area contributed by atoms with Crippen LogP contribution in [0.2, 0.25) is 0 Å². The number of likely N-dealkylation sites (tertiary alicyclic amines) is 2. The monoisotopic (exact) mass is 653 g/mol. The first-order valence-corrected chi connectivity index (χ1v) is 12.3. The molecule has 0 aliphatic carbocycles. The number of carbonyl (C=O) groups is 3. The quantitative estimate of drug-likeness (QED) is 0.416. The number of halogens is 9. The highest BCUT2D eigenvalue weighted by atomic mass is 19.4. The predicted octanol–water partition coefficient (Wildman–Crippen LogP) is 3.87. The van der Waals surface area contributed by atoms with Gasteiger partial charge in [-0.2, -0.15) is 44.6 Å². The second-order valence-corrected chi connectivity index (χ2v) is 9.35. The first kappa shape index (κ1) is 38.1. The van der Waals surface area contributed by atoms with Crippen molar-refractivity contribution in [1.29, 1.82) is 0 Å². The van der Waals surface area contributed by atoms with Gasteiger partial charge in [0.05, 0.1) is 11.9 Å². The Bertz CT molecular complexity index is 1190. The maximum atomic E-state index is 10.6. The molecule has 0 saturated carbocycles. The van der Waals surface area contributed by atoms with Gasteiger partial charge in [-0.05, 0) is 31.9 Å². The topological polar surface area (TPSA) is 149 Å². The minimum absolute atomic E-state index is 0.689. The molecule has 248 valence electrons. The molecule has 0 aromatic carbocycles. The molecule has 0 radical (unpaired) electrons. The molecule has 4 rings (SSSR count). The molecule has 0 bridgehead atoms. The number of pyridine rings is 1. The number of aromatic nitrogens is 3. The minimum Gasteiger partial charge on any atom is -0.475 e. The number of rotatable bonds is 4. The van der Waals surface area contributed by atoms with Gasteiger partial charge in [-0.1, -0.05) is 6.07 Å². The summed E-state index contributed by atoms with van der Waals surface area (Å²) in [5.74, 6) is -8.27. The number of hydrogen-bond acceptors (Lipinski definition) is 7. The van der Waals surface area contributed by atoms with Gasteiger partial charge in [-0.15, -0.1) is 0 Å². The number of fused-ring (bicyclic) bond motifs is 1. The number of carboxylic acids is 3. The first-order chi connectivity index (χ1) is 20.0. The molecule has 3 N–H and O–H groups in total. The average molecular weight is 653 g/mol. The molecule has 2 aromatic heterocycles. The molecule has 2 aliphatic heterocycles. The van der Waals surface area contributed by atoms with Crippen molar-refractivity contribution < 1.29 is 69.2 Å². The Labute approximate surface area is 243 Å². The van der Waals surface area contributed by atoms with E-state index in [1.165, 1.54) is 37.2 Å². The van der Waals surface area contributed by atoms with E-state index in [0.717, 1.165) is 18.8 Å². The Hall–Kier alpha value is -3.94. The Morgan fingerprint density at radius 2 is 1.20 bits per heavy atom. The zero-order chi connectivity index (χ0) is 34.0. The molecule has 2 aromatic rings. The molecule has 20 heteroatoms. The molecule has 0 unspecified atom stereocenters.